The summed E-state index contributed by atoms with van der Waals surface area (Å²) >= 11 is 0. The van der Waals surface area contributed by atoms with Crippen LogP contribution in [0, 0.1) is 10.1 Å². The van der Waals surface area contributed by atoms with Crippen LogP contribution in [-0.2, 0) is 9.53 Å². The van der Waals surface area contributed by atoms with Gasteiger partial charge in [0.25, 0.3) is 11.6 Å². The van der Waals surface area contributed by atoms with Crippen molar-refractivity contribution in [3.05, 3.63) is 39.4 Å². The predicted octanol–water partition coefficient (Wildman–Crippen LogP) is 0.518. The standard InChI is InChI=1S/C15H19N3O7/c1-17(9-13(19)16-4-3-5-25-2)14(20)10-6-11(15(21)22)8-12(7-10)18(23)24/h6-8H,3-5,9H2,1-2H3,(H,16,19)(H,21,22). The zero-order valence-corrected chi connectivity index (χ0v) is 13.9. The summed E-state index contributed by atoms with van der Waals surface area (Å²) in [5.74, 6) is -2.50. The Labute approximate surface area is 143 Å². The van der Waals surface area contributed by atoms with E-state index in [-0.39, 0.29) is 17.7 Å². The van der Waals surface area contributed by atoms with Crippen molar-refractivity contribution in [1.82, 2.24) is 10.2 Å². The highest BCUT2D eigenvalue weighted by molar-refractivity contribution is 5.99. The first kappa shape index (κ1) is 20.0. The number of rotatable bonds is 9. The molecule has 0 radical (unpaired) electrons. The van der Waals surface area contributed by atoms with Gasteiger partial charge < -0.3 is 20.1 Å². The number of benzene rings is 1. The van der Waals surface area contributed by atoms with E-state index in [9.17, 15) is 24.5 Å². The second-order valence-corrected chi connectivity index (χ2v) is 5.19. The molecule has 0 unspecified atom stereocenters. The fourth-order valence-corrected chi connectivity index (χ4v) is 1.97. The SMILES string of the molecule is COCCCNC(=O)CN(C)C(=O)c1cc(C(=O)O)cc([N+](=O)[O-])c1. The van der Waals surface area contributed by atoms with Crippen molar-refractivity contribution in [2.75, 3.05) is 33.9 Å². The fraction of sp³-hybridized carbons (Fsp3) is 0.400. The van der Waals surface area contributed by atoms with Gasteiger partial charge >= 0.3 is 5.97 Å². The largest absolute Gasteiger partial charge is 0.478 e. The third-order valence-corrected chi connectivity index (χ3v) is 3.20. The van der Waals surface area contributed by atoms with Crippen LogP contribution in [0.25, 0.3) is 0 Å². The number of nitro benzene ring substituents is 1. The van der Waals surface area contributed by atoms with E-state index in [0.29, 0.717) is 19.6 Å². The van der Waals surface area contributed by atoms with Crippen molar-refractivity contribution in [2.24, 2.45) is 0 Å². The molecule has 1 aromatic carbocycles. The number of nitrogens with zero attached hydrogens (tertiary/aromatic N) is 2. The molecule has 2 amide bonds. The number of likely N-dealkylation sites (N-methyl/N-ethyl adjacent to an activating group) is 1. The quantitative estimate of drug-likeness (QED) is 0.375. The van der Waals surface area contributed by atoms with Crippen molar-refractivity contribution in [3.8, 4) is 0 Å². The van der Waals surface area contributed by atoms with Gasteiger partial charge in [-0.2, -0.15) is 0 Å². The summed E-state index contributed by atoms with van der Waals surface area (Å²) in [4.78, 5) is 46.3. The molecule has 136 valence electrons. The van der Waals surface area contributed by atoms with E-state index < -0.39 is 28.4 Å². The Morgan fingerprint density at radius 3 is 2.48 bits per heavy atom. The smallest absolute Gasteiger partial charge is 0.335 e. The Kier molecular flexibility index (Phi) is 7.47. The van der Waals surface area contributed by atoms with E-state index in [4.69, 9.17) is 9.84 Å². The highest BCUT2D eigenvalue weighted by Gasteiger charge is 2.21. The van der Waals surface area contributed by atoms with E-state index in [0.717, 1.165) is 23.1 Å². The van der Waals surface area contributed by atoms with Gasteiger partial charge in [0, 0.05) is 45.0 Å². The van der Waals surface area contributed by atoms with Crippen LogP contribution in [0.1, 0.15) is 27.1 Å². The molecule has 2 N–H and O–H groups in total. The fourth-order valence-electron chi connectivity index (χ4n) is 1.97. The van der Waals surface area contributed by atoms with Gasteiger partial charge in [0.05, 0.1) is 17.0 Å². The topological polar surface area (TPSA) is 139 Å². The van der Waals surface area contributed by atoms with Gasteiger partial charge in [-0.05, 0) is 12.5 Å². The molecular weight excluding hydrogens is 334 g/mol. The van der Waals surface area contributed by atoms with Crippen LogP contribution in [-0.4, -0.2) is 66.6 Å². The first-order chi connectivity index (χ1) is 11.8. The molecule has 10 nitrogen and oxygen atoms in total. The first-order valence-electron chi connectivity index (χ1n) is 7.30. The number of nitro groups is 1. The average molecular weight is 353 g/mol. The van der Waals surface area contributed by atoms with Gasteiger partial charge in [0.1, 0.15) is 0 Å². The van der Waals surface area contributed by atoms with Crippen LogP contribution in [0.15, 0.2) is 18.2 Å². The highest BCUT2D eigenvalue weighted by atomic mass is 16.6. The molecule has 0 aromatic heterocycles. The third-order valence-electron chi connectivity index (χ3n) is 3.20. The number of ether oxygens (including phenoxy) is 1. The van der Waals surface area contributed by atoms with Crippen LogP contribution < -0.4 is 5.32 Å². The molecule has 0 spiro atoms. The van der Waals surface area contributed by atoms with Gasteiger partial charge in [0.2, 0.25) is 5.91 Å². The molecule has 0 fully saturated rings. The molecule has 0 saturated heterocycles. The Morgan fingerprint density at radius 1 is 1.28 bits per heavy atom. The lowest BCUT2D eigenvalue weighted by atomic mass is 10.1. The maximum atomic E-state index is 12.3. The van der Waals surface area contributed by atoms with Crippen molar-refractivity contribution >= 4 is 23.5 Å². The van der Waals surface area contributed by atoms with Crippen LogP contribution >= 0.6 is 0 Å². The summed E-state index contributed by atoms with van der Waals surface area (Å²) in [6, 6.07) is 2.87. The molecule has 0 bridgehead atoms. The van der Waals surface area contributed by atoms with Gasteiger partial charge in [0.15, 0.2) is 0 Å². The average Bonchev–Trinajstić information content (AvgIpc) is 2.57. The van der Waals surface area contributed by atoms with Gasteiger partial charge in [-0.15, -0.1) is 0 Å². The summed E-state index contributed by atoms with van der Waals surface area (Å²) in [6.07, 6.45) is 0.618. The van der Waals surface area contributed by atoms with E-state index >= 15 is 0 Å². The number of carboxylic acid groups (broad SMARTS) is 1. The summed E-state index contributed by atoms with van der Waals surface area (Å²) < 4.78 is 4.84. The number of non-ortho nitro benzene ring substituents is 1. The number of carboxylic acids is 1. The van der Waals surface area contributed by atoms with Gasteiger partial charge in [-0.3, -0.25) is 19.7 Å². The normalized spacial score (nSPS) is 10.2. The highest BCUT2D eigenvalue weighted by Crippen LogP contribution is 2.18. The number of methoxy groups -OCH3 is 1. The summed E-state index contributed by atoms with van der Waals surface area (Å²) in [5, 5.41) is 22.5. The molecule has 0 heterocycles. The third kappa shape index (κ3) is 6.18. The van der Waals surface area contributed by atoms with E-state index in [1.165, 1.54) is 7.05 Å². The molecule has 0 saturated carbocycles. The van der Waals surface area contributed by atoms with Crippen LogP contribution in [0.4, 0.5) is 5.69 Å². The number of hydrogen-bond donors (Lipinski definition) is 2. The second kappa shape index (κ2) is 9.33. The molecule has 1 aromatic rings. The zero-order valence-electron chi connectivity index (χ0n) is 13.9. The molecule has 0 aliphatic heterocycles. The minimum atomic E-state index is -1.39. The van der Waals surface area contributed by atoms with Crippen molar-refractivity contribution in [1.29, 1.82) is 0 Å². The molecular formula is C15H19N3O7. The number of carbonyl (C=O) groups excluding carboxylic acids is 2. The predicted molar refractivity (Wildman–Crippen MR) is 86.5 cm³/mol. The maximum Gasteiger partial charge on any atom is 0.335 e. The Balaban J connectivity index is 2.82. The summed E-state index contributed by atoms with van der Waals surface area (Å²) in [7, 11) is 2.88. The number of carbonyl (C=O) groups is 3. The number of aromatic carboxylic acids is 1. The Morgan fingerprint density at radius 2 is 1.92 bits per heavy atom. The van der Waals surface area contributed by atoms with Crippen molar-refractivity contribution in [3.63, 3.8) is 0 Å². The lowest BCUT2D eigenvalue weighted by Gasteiger charge is -2.17. The van der Waals surface area contributed by atoms with Gasteiger partial charge in [-0.1, -0.05) is 0 Å². The maximum absolute atomic E-state index is 12.3. The first-order valence-corrected chi connectivity index (χ1v) is 7.30. The molecule has 0 atom stereocenters. The zero-order chi connectivity index (χ0) is 19.0. The minimum absolute atomic E-state index is 0.179. The second-order valence-electron chi connectivity index (χ2n) is 5.19. The number of nitrogens with one attached hydrogen (secondary N) is 1. The van der Waals surface area contributed by atoms with Crippen molar-refractivity contribution < 1.29 is 29.2 Å². The lowest BCUT2D eigenvalue weighted by Crippen LogP contribution is -2.38. The monoisotopic (exact) mass is 353 g/mol. The summed E-state index contributed by atoms with van der Waals surface area (Å²) in [5.41, 5.74) is -1.07. The summed E-state index contributed by atoms with van der Waals surface area (Å²) in [6.45, 7) is 0.603. The molecule has 0 aliphatic rings. The molecule has 25 heavy (non-hydrogen) atoms. The van der Waals surface area contributed by atoms with Crippen LogP contribution in [0.3, 0.4) is 0 Å². The van der Waals surface area contributed by atoms with Crippen LogP contribution in [0.5, 0.6) is 0 Å². The minimum Gasteiger partial charge on any atom is -0.478 e. The number of amides is 2. The van der Waals surface area contributed by atoms with Gasteiger partial charge in [-0.25, -0.2) is 4.79 Å². The lowest BCUT2D eigenvalue weighted by molar-refractivity contribution is -0.384. The molecule has 0 aliphatic carbocycles. The molecule has 1 rings (SSSR count). The Hall–Kier alpha value is -3.01. The van der Waals surface area contributed by atoms with E-state index in [2.05, 4.69) is 5.32 Å². The van der Waals surface area contributed by atoms with Crippen LogP contribution in [0.2, 0.25) is 0 Å². The van der Waals surface area contributed by atoms with E-state index in [1.54, 1.807) is 7.11 Å². The Bertz CT molecular complexity index is 643. The number of hydrogen-bond acceptors (Lipinski definition) is 6. The molecule has 10 heteroatoms. The van der Waals surface area contributed by atoms with Crippen molar-refractivity contribution in [2.45, 2.75) is 6.42 Å². The van der Waals surface area contributed by atoms with E-state index in [1.807, 2.05) is 0 Å².